The van der Waals surface area contributed by atoms with Crippen molar-refractivity contribution in [2.45, 2.75) is 37.6 Å². The molecule has 0 bridgehead atoms. The number of hydrogen-bond acceptors (Lipinski definition) is 5. The summed E-state index contributed by atoms with van der Waals surface area (Å²) < 4.78 is 6.10. The van der Waals surface area contributed by atoms with Crippen molar-refractivity contribution in [2.75, 3.05) is 17.7 Å². The van der Waals surface area contributed by atoms with Crippen LogP contribution >= 0.6 is 27.7 Å². The summed E-state index contributed by atoms with van der Waals surface area (Å²) in [6.45, 7) is 3.52. The topological polar surface area (TPSA) is 75.7 Å². The molecule has 0 saturated carbocycles. The average Bonchev–Trinajstić information content (AvgIpc) is 3.05. The zero-order valence-corrected chi connectivity index (χ0v) is 16.4. The van der Waals surface area contributed by atoms with Crippen molar-refractivity contribution < 1.29 is 19.1 Å². The fraction of sp³-hybridized carbons (Fsp3) is 0.471. The molecule has 134 valence electrons. The third kappa shape index (κ3) is 3.69. The summed E-state index contributed by atoms with van der Waals surface area (Å²) in [7, 11) is 0. The summed E-state index contributed by atoms with van der Waals surface area (Å²) in [5.74, 6) is -0.441. The molecule has 2 amide bonds. The predicted octanol–water partition coefficient (Wildman–Crippen LogP) is 2.69. The van der Waals surface area contributed by atoms with Crippen molar-refractivity contribution in [3.05, 3.63) is 28.2 Å². The van der Waals surface area contributed by atoms with Gasteiger partial charge in [-0.25, -0.2) is 4.79 Å². The molecule has 8 heteroatoms. The minimum atomic E-state index is -0.604. The summed E-state index contributed by atoms with van der Waals surface area (Å²) >= 11 is 4.99. The molecule has 2 saturated heterocycles. The molecule has 2 fully saturated rings. The molecule has 1 N–H and O–H groups in total. The number of benzene rings is 1. The molecule has 1 aromatic carbocycles. The van der Waals surface area contributed by atoms with E-state index >= 15 is 0 Å². The molecule has 2 aliphatic rings. The van der Waals surface area contributed by atoms with Crippen molar-refractivity contribution >= 4 is 51.2 Å². The monoisotopic (exact) mass is 426 g/mol. The molecule has 2 atom stereocenters. The van der Waals surface area contributed by atoms with Crippen LogP contribution in [0.2, 0.25) is 0 Å². The summed E-state index contributed by atoms with van der Waals surface area (Å²) in [4.78, 5) is 37.6. The summed E-state index contributed by atoms with van der Waals surface area (Å²) in [6.07, 6.45) is 1.19. The second-order valence-electron chi connectivity index (χ2n) is 6.39. The van der Waals surface area contributed by atoms with Crippen molar-refractivity contribution in [3.63, 3.8) is 0 Å². The van der Waals surface area contributed by atoms with E-state index in [0.29, 0.717) is 17.9 Å². The van der Waals surface area contributed by atoms with Gasteiger partial charge in [-0.2, -0.15) is 0 Å². The molecule has 3 rings (SSSR count). The van der Waals surface area contributed by atoms with Gasteiger partial charge in [-0.05, 0) is 44.0 Å². The number of rotatable bonds is 4. The zero-order chi connectivity index (χ0) is 18.2. The van der Waals surface area contributed by atoms with Crippen molar-refractivity contribution in [1.29, 1.82) is 0 Å². The molecule has 0 spiro atoms. The third-order valence-corrected chi connectivity index (χ3v) is 6.90. The van der Waals surface area contributed by atoms with Gasteiger partial charge in [0.1, 0.15) is 6.04 Å². The molecule has 0 aliphatic carbocycles. The first-order chi connectivity index (χ1) is 11.8. The van der Waals surface area contributed by atoms with Gasteiger partial charge in [0.2, 0.25) is 5.91 Å². The highest BCUT2D eigenvalue weighted by Crippen LogP contribution is 2.47. The molecule has 0 unspecified atom stereocenters. The van der Waals surface area contributed by atoms with Crippen LogP contribution in [0.5, 0.6) is 0 Å². The van der Waals surface area contributed by atoms with Crippen LogP contribution in [0.1, 0.15) is 25.3 Å². The van der Waals surface area contributed by atoms with E-state index < -0.39 is 17.9 Å². The van der Waals surface area contributed by atoms with Crippen LogP contribution in [0.3, 0.4) is 0 Å². The first-order valence-electron chi connectivity index (χ1n) is 7.99. The van der Waals surface area contributed by atoms with Crippen molar-refractivity contribution in [3.8, 4) is 0 Å². The summed E-state index contributed by atoms with van der Waals surface area (Å²) in [5.41, 5.74) is 1.63. The van der Waals surface area contributed by atoms with Gasteiger partial charge in [0, 0.05) is 22.3 Å². The number of carbonyl (C=O) groups excluding carboxylic acids is 3. The number of aryl methyl sites for hydroxylation is 1. The lowest BCUT2D eigenvalue weighted by Crippen LogP contribution is -2.47. The van der Waals surface area contributed by atoms with E-state index in [1.165, 1.54) is 0 Å². The fourth-order valence-electron chi connectivity index (χ4n) is 3.15. The van der Waals surface area contributed by atoms with Crippen LogP contribution in [0, 0.1) is 6.92 Å². The van der Waals surface area contributed by atoms with Gasteiger partial charge in [-0.1, -0.05) is 15.9 Å². The lowest BCUT2D eigenvalue weighted by atomic mass is 10.2. The summed E-state index contributed by atoms with van der Waals surface area (Å²) in [6, 6.07) is 4.82. The standard InChI is InChI=1S/C17H19BrN2O4S/c1-10-7-11(3-4-12(10)18)19-14(21)8-24-16(23)13-9-25-17(2)6-5-15(22)20(13)17/h3-4,7,13H,5-6,8-9H2,1-2H3,(H,19,21)/t13-,17-/m0/s1. The molecule has 6 nitrogen and oxygen atoms in total. The Kier molecular flexibility index (Phi) is 5.11. The number of fused-ring (bicyclic) bond motifs is 1. The number of ether oxygens (including phenoxy) is 1. The second-order valence-corrected chi connectivity index (χ2v) is 8.74. The Balaban J connectivity index is 1.54. The fourth-order valence-corrected chi connectivity index (χ4v) is 4.81. The molecule has 1 aromatic rings. The quantitative estimate of drug-likeness (QED) is 0.748. The number of halogens is 1. The normalized spacial score (nSPS) is 25.0. The van der Waals surface area contributed by atoms with Crippen LogP contribution in [-0.4, -0.2) is 46.0 Å². The Labute approximate surface area is 158 Å². The molecular formula is C17H19BrN2O4S. The summed E-state index contributed by atoms with van der Waals surface area (Å²) in [5, 5.41) is 2.70. The maximum Gasteiger partial charge on any atom is 0.330 e. The van der Waals surface area contributed by atoms with E-state index in [1.807, 2.05) is 26.0 Å². The van der Waals surface area contributed by atoms with E-state index in [-0.39, 0.29) is 17.4 Å². The molecule has 2 heterocycles. The number of anilines is 1. The first kappa shape index (κ1) is 18.3. The van der Waals surface area contributed by atoms with Crippen LogP contribution < -0.4 is 5.32 Å². The average molecular weight is 427 g/mol. The van der Waals surface area contributed by atoms with E-state index in [4.69, 9.17) is 4.74 Å². The van der Waals surface area contributed by atoms with E-state index in [2.05, 4.69) is 21.2 Å². The van der Waals surface area contributed by atoms with Gasteiger partial charge in [0.05, 0.1) is 4.87 Å². The van der Waals surface area contributed by atoms with Gasteiger partial charge in [-0.3, -0.25) is 9.59 Å². The number of esters is 1. The van der Waals surface area contributed by atoms with Crippen LogP contribution in [0.15, 0.2) is 22.7 Å². The van der Waals surface area contributed by atoms with Crippen LogP contribution in [-0.2, 0) is 19.1 Å². The number of carbonyl (C=O) groups is 3. The molecule has 0 aromatic heterocycles. The molecular weight excluding hydrogens is 408 g/mol. The first-order valence-corrected chi connectivity index (χ1v) is 9.77. The largest absolute Gasteiger partial charge is 0.454 e. The van der Waals surface area contributed by atoms with E-state index in [1.54, 1.807) is 22.7 Å². The van der Waals surface area contributed by atoms with Gasteiger partial charge in [-0.15, -0.1) is 11.8 Å². The van der Waals surface area contributed by atoms with Gasteiger partial charge < -0.3 is 15.0 Å². The molecule has 25 heavy (non-hydrogen) atoms. The van der Waals surface area contributed by atoms with Crippen LogP contribution in [0.25, 0.3) is 0 Å². The highest BCUT2D eigenvalue weighted by atomic mass is 79.9. The predicted molar refractivity (Wildman–Crippen MR) is 99.2 cm³/mol. The number of hydrogen-bond donors (Lipinski definition) is 1. The van der Waals surface area contributed by atoms with Crippen LogP contribution in [0.4, 0.5) is 5.69 Å². The maximum absolute atomic E-state index is 12.3. The Morgan fingerprint density at radius 3 is 2.96 bits per heavy atom. The molecule has 2 aliphatic heterocycles. The SMILES string of the molecule is Cc1cc(NC(=O)COC(=O)[C@@H]2CS[C@@]3(C)CCC(=O)N23)ccc1Br. The minimum Gasteiger partial charge on any atom is -0.454 e. The highest BCUT2D eigenvalue weighted by molar-refractivity contribution is 9.10. The number of thioether (sulfide) groups is 1. The Morgan fingerprint density at radius 2 is 2.24 bits per heavy atom. The molecule has 0 radical (unpaired) electrons. The third-order valence-electron chi connectivity index (χ3n) is 4.50. The zero-order valence-electron chi connectivity index (χ0n) is 14.0. The minimum absolute atomic E-state index is 0.0239. The number of nitrogens with zero attached hydrogens (tertiary/aromatic N) is 1. The van der Waals surface area contributed by atoms with Gasteiger partial charge >= 0.3 is 5.97 Å². The van der Waals surface area contributed by atoms with Gasteiger partial charge in [0.15, 0.2) is 6.61 Å². The number of nitrogens with one attached hydrogen (secondary N) is 1. The van der Waals surface area contributed by atoms with E-state index in [9.17, 15) is 14.4 Å². The Bertz CT molecular complexity index is 741. The van der Waals surface area contributed by atoms with Crippen molar-refractivity contribution in [1.82, 2.24) is 4.90 Å². The lowest BCUT2D eigenvalue weighted by molar-refractivity contribution is -0.155. The number of amides is 2. The highest BCUT2D eigenvalue weighted by Gasteiger charge is 2.53. The van der Waals surface area contributed by atoms with E-state index in [0.717, 1.165) is 16.5 Å². The smallest absolute Gasteiger partial charge is 0.330 e. The second kappa shape index (κ2) is 6.99. The Morgan fingerprint density at radius 1 is 1.48 bits per heavy atom. The van der Waals surface area contributed by atoms with Crippen molar-refractivity contribution in [2.24, 2.45) is 0 Å². The maximum atomic E-state index is 12.3. The van der Waals surface area contributed by atoms with Gasteiger partial charge in [0.25, 0.3) is 5.91 Å². The lowest BCUT2D eigenvalue weighted by Gasteiger charge is -2.29. The Hall–Kier alpha value is -1.54.